The highest BCUT2D eigenvalue weighted by Gasteiger charge is 2.46. The maximum Gasteiger partial charge on any atom is 0.235 e. The van der Waals surface area contributed by atoms with Gasteiger partial charge < -0.3 is 14.7 Å². The lowest BCUT2D eigenvalue weighted by Crippen LogP contribution is -2.56. The van der Waals surface area contributed by atoms with Gasteiger partial charge in [-0.05, 0) is 17.7 Å². The number of hydrogen-bond donors (Lipinski definition) is 1. The average molecular weight is 314 g/mol. The zero-order valence-corrected chi connectivity index (χ0v) is 11.8. The van der Waals surface area contributed by atoms with E-state index < -0.39 is 5.41 Å². The molecule has 1 aliphatic heterocycles. The zero-order chi connectivity index (χ0) is 13.2. The molecule has 1 saturated heterocycles. The van der Waals surface area contributed by atoms with Crippen LogP contribution in [0.15, 0.2) is 28.7 Å². The Morgan fingerprint density at radius 2 is 2.28 bits per heavy atom. The number of carbonyl (C=O) groups is 1. The number of benzene rings is 1. The third kappa shape index (κ3) is 2.58. The molecule has 1 heterocycles. The highest BCUT2D eigenvalue weighted by atomic mass is 79.9. The molecule has 0 aromatic heterocycles. The Kier molecular flexibility index (Phi) is 4.04. The second-order valence-electron chi connectivity index (χ2n) is 4.72. The summed E-state index contributed by atoms with van der Waals surface area (Å²) >= 11 is 3.40. The number of carbonyl (C=O) groups excluding carboxylic acids is 1. The Morgan fingerprint density at radius 1 is 1.56 bits per heavy atom. The van der Waals surface area contributed by atoms with Crippen LogP contribution in [0.25, 0.3) is 0 Å². The van der Waals surface area contributed by atoms with Crippen LogP contribution in [0, 0.1) is 5.41 Å². The van der Waals surface area contributed by atoms with Crippen LogP contribution in [0.2, 0.25) is 0 Å². The molecule has 1 amide bonds. The average Bonchev–Trinajstić information content (AvgIpc) is 2.28. The third-order valence-electron chi connectivity index (χ3n) is 3.17. The zero-order valence-electron chi connectivity index (χ0n) is 10.2. The quantitative estimate of drug-likeness (QED) is 0.914. The molecule has 5 heteroatoms. The number of halogens is 1. The van der Waals surface area contributed by atoms with Crippen LogP contribution in [0.1, 0.15) is 5.56 Å². The molecule has 0 atom stereocenters. The number of hydrogen-bond acceptors (Lipinski definition) is 3. The van der Waals surface area contributed by atoms with Crippen LogP contribution in [0.4, 0.5) is 0 Å². The fraction of sp³-hybridized carbons (Fsp3) is 0.462. The SMILES string of the molecule is CN(Cc1cccc(Br)c1)C(=O)C1(CO)COC1. The molecule has 4 nitrogen and oxygen atoms in total. The van der Waals surface area contributed by atoms with E-state index in [-0.39, 0.29) is 12.5 Å². The van der Waals surface area contributed by atoms with Gasteiger partial charge in [-0.15, -0.1) is 0 Å². The third-order valence-corrected chi connectivity index (χ3v) is 3.66. The first-order valence-electron chi connectivity index (χ1n) is 5.76. The highest BCUT2D eigenvalue weighted by Crippen LogP contribution is 2.29. The van der Waals surface area contributed by atoms with Gasteiger partial charge in [0, 0.05) is 18.1 Å². The minimum absolute atomic E-state index is 0.0591. The van der Waals surface area contributed by atoms with E-state index in [1.54, 1.807) is 11.9 Å². The van der Waals surface area contributed by atoms with E-state index in [1.807, 2.05) is 24.3 Å². The molecule has 1 aromatic carbocycles. The summed E-state index contributed by atoms with van der Waals surface area (Å²) in [7, 11) is 1.75. The smallest absolute Gasteiger partial charge is 0.235 e. The van der Waals surface area contributed by atoms with Gasteiger partial charge in [-0.2, -0.15) is 0 Å². The van der Waals surface area contributed by atoms with E-state index in [4.69, 9.17) is 4.74 Å². The van der Waals surface area contributed by atoms with Crippen molar-refractivity contribution >= 4 is 21.8 Å². The van der Waals surface area contributed by atoms with Gasteiger partial charge in [0.25, 0.3) is 0 Å². The second-order valence-corrected chi connectivity index (χ2v) is 5.64. The van der Waals surface area contributed by atoms with E-state index in [0.29, 0.717) is 19.8 Å². The standard InChI is InChI=1S/C13H16BrNO3/c1-15(6-10-3-2-4-11(14)5-10)12(17)13(7-16)8-18-9-13/h2-5,16H,6-9H2,1H3. The molecular weight excluding hydrogens is 298 g/mol. The number of rotatable bonds is 4. The Bertz CT molecular complexity index is 440. The lowest BCUT2D eigenvalue weighted by atomic mass is 9.85. The molecular formula is C13H16BrNO3. The summed E-state index contributed by atoms with van der Waals surface area (Å²) in [4.78, 5) is 13.9. The predicted octanol–water partition coefficient (Wildman–Crippen LogP) is 1.42. The molecule has 0 unspecified atom stereocenters. The van der Waals surface area contributed by atoms with Crippen molar-refractivity contribution in [2.24, 2.45) is 5.41 Å². The van der Waals surface area contributed by atoms with Crippen molar-refractivity contribution in [2.45, 2.75) is 6.54 Å². The van der Waals surface area contributed by atoms with Gasteiger partial charge in [0.15, 0.2) is 0 Å². The van der Waals surface area contributed by atoms with Crippen LogP contribution in [0.5, 0.6) is 0 Å². The van der Waals surface area contributed by atoms with Crippen LogP contribution < -0.4 is 0 Å². The van der Waals surface area contributed by atoms with Gasteiger partial charge >= 0.3 is 0 Å². The Labute approximate surface area is 115 Å². The van der Waals surface area contributed by atoms with Gasteiger partial charge in [-0.25, -0.2) is 0 Å². The molecule has 0 aliphatic carbocycles. The van der Waals surface area contributed by atoms with Crippen molar-refractivity contribution in [1.82, 2.24) is 4.90 Å². The molecule has 0 bridgehead atoms. The van der Waals surface area contributed by atoms with Crippen molar-refractivity contribution in [3.63, 3.8) is 0 Å². The van der Waals surface area contributed by atoms with Crippen molar-refractivity contribution in [1.29, 1.82) is 0 Å². The predicted molar refractivity (Wildman–Crippen MR) is 71.0 cm³/mol. The highest BCUT2D eigenvalue weighted by molar-refractivity contribution is 9.10. The lowest BCUT2D eigenvalue weighted by molar-refractivity contribution is -0.179. The summed E-state index contributed by atoms with van der Waals surface area (Å²) in [5, 5.41) is 9.33. The monoisotopic (exact) mass is 313 g/mol. The Hall–Kier alpha value is -0.910. The first-order valence-corrected chi connectivity index (χ1v) is 6.55. The molecule has 98 valence electrons. The Morgan fingerprint density at radius 3 is 2.78 bits per heavy atom. The maximum atomic E-state index is 12.2. The summed E-state index contributed by atoms with van der Waals surface area (Å²) in [5.74, 6) is -0.0591. The summed E-state index contributed by atoms with van der Waals surface area (Å²) in [6.07, 6.45) is 0. The molecule has 1 aliphatic rings. The van der Waals surface area contributed by atoms with Crippen LogP contribution >= 0.6 is 15.9 Å². The van der Waals surface area contributed by atoms with Crippen molar-refractivity contribution in [2.75, 3.05) is 26.9 Å². The minimum Gasteiger partial charge on any atom is -0.395 e. The van der Waals surface area contributed by atoms with Crippen LogP contribution in [-0.4, -0.2) is 42.8 Å². The van der Waals surface area contributed by atoms with E-state index in [0.717, 1.165) is 10.0 Å². The van der Waals surface area contributed by atoms with E-state index >= 15 is 0 Å². The first kappa shape index (κ1) is 13.5. The summed E-state index contributed by atoms with van der Waals surface area (Å²) in [6, 6.07) is 7.83. The molecule has 1 N–H and O–H groups in total. The van der Waals surface area contributed by atoms with E-state index in [2.05, 4.69) is 15.9 Å². The summed E-state index contributed by atoms with van der Waals surface area (Å²) in [6.45, 7) is 0.991. The van der Waals surface area contributed by atoms with Crippen molar-refractivity contribution in [3.8, 4) is 0 Å². The largest absolute Gasteiger partial charge is 0.395 e. The summed E-state index contributed by atoms with van der Waals surface area (Å²) in [5.41, 5.74) is 0.328. The molecule has 2 rings (SSSR count). The molecule has 0 spiro atoms. The fourth-order valence-electron chi connectivity index (χ4n) is 2.02. The molecule has 0 saturated carbocycles. The number of nitrogens with zero attached hydrogens (tertiary/aromatic N) is 1. The molecule has 18 heavy (non-hydrogen) atoms. The van der Waals surface area contributed by atoms with Crippen molar-refractivity contribution in [3.05, 3.63) is 34.3 Å². The number of aliphatic hydroxyl groups excluding tert-OH is 1. The Balaban J connectivity index is 2.03. The van der Waals surface area contributed by atoms with Gasteiger partial charge in [0.1, 0.15) is 5.41 Å². The van der Waals surface area contributed by atoms with Crippen molar-refractivity contribution < 1.29 is 14.6 Å². The van der Waals surface area contributed by atoms with Gasteiger partial charge in [0.05, 0.1) is 19.8 Å². The van der Waals surface area contributed by atoms with Crippen LogP contribution in [0.3, 0.4) is 0 Å². The first-order chi connectivity index (χ1) is 8.57. The minimum atomic E-state index is -0.721. The summed E-state index contributed by atoms with van der Waals surface area (Å²) < 4.78 is 6.05. The topological polar surface area (TPSA) is 49.8 Å². The molecule has 1 aromatic rings. The van der Waals surface area contributed by atoms with E-state index in [1.165, 1.54) is 0 Å². The van der Waals surface area contributed by atoms with Gasteiger partial charge in [-0.1, -0.05) is 28.1 Å². The number of aliphatic hydroxyl groups is 1. The number of ether oxygens (including phenoxy) is 1. The molecule has 1 fully saturated rings. The van der Waals surface area contributed by atoms with Crippen LogP contribution in [-0.2, 0) is 16.1 Å². The maximum absolute atomic E-state index is 12.2. The molecule has 0 radical (unpaired) electrons. The fourth-order valence-corrected chi connectivity index (χ4v) is 2.46. The number of amides is 1. The van der Waals surface area contributed by atoms with E-state index in [9.17, 15) is 9.90 Å². The second kappa shape index (κ2) is 5.38. The van der Waals surface area contributed by atoms with Gasteiger partial charge in [0.2, 0.25) is 5.91 Å². The normalized spacial score (nSPS) is 17.1. The van der Waals surface area contributed by atoms with Gasteiger partial charge in [-0.3, -0.25) is 4.79 Å². The lowest BCUT2D eigenvalue weighted by Gasteiger charge is -2.40.